The Labute approximate surface area is 84.1 Å². The van der Waals surface area contributed by atoms with E-state index in [1.54, 1.807) is 6.20 Å². The molecule has 2 heterocycles. The van der Waals surface area contributed by atoms with Crippen molar-refractivity contribution in [1.29, 1.82) is 0 Å². The van der Waals surface area contributed by atoms with Crippen LogP contribution in [-0.4, -0.2) is 29.5 Å². The van der Waals surface area contributed by atoms with Gasteiger partial charge in [0.05, 0.1) is 12.2 Å². The third-order valence-electron chi connectivity index (χ3n) is 2.83. The highest BCUT2D eigenvalue weighted by atomic mass is 16.4. The maximum absolute atomic E-state index is 5.94. The molecule has 1 aromatic rings. The Kier molecular flexibility index (Phi) is 2.56. The quantitative estimate of drug-likeness (QED) is 0.728. The SMILES string of the molecule is Cc1cnc(C2CC(N)CCN2C)o1. The van der Waals surface area contributed by atoms with Gasteiger partial charge in [-0.1, -0.05) is 0 Å². The second-order valence-electron chi connectivity index (χ2n) is 4.09. The molecule has 0 aliphatic carbocycles. The fraction of sp³-hybridized carbons (Fsp3) is 0.700. The number of rotatable bonds is 1. The van der Waals surface area contributed by atoms with Gasteiger partial charge in [0.2, 0.25) is 5.89 Å². The van der Waals surface area contributed by atoms with Gasteiger partial charge in [0.1, 0.15) is 5.76 Å². The Bertz CT molecular complexity index is 310. The van der Waals surface area contributed by atoms with E-state index in [4.69, 9.17) is 10.2 Å². The maximum Gasteiger partial charge on any atom is 0.211 e. The first-order valence-corrected chi connectivity index (χ1v) is 5.05. The second-order valence-corrected chi connectivity index (χ2v) is 4.09. The third-order valence-corrected chi connectivity index (χ3v) is 2.83. The Morgan fingerprint density at radius 1 is 1.64 bits per heavy atom. The molecule has 2 rings (SSSR count). The molecule has 14 heavy (non-hydrogen) atoms. The summed E-state index contributed by atoms with van der Waals surface area (Å²) in [6, 6.07) is 0.538. The topological polar surface area (TPSA) is 55.3 Å². The fourth-order valence-corrected chi connectivity index (χ4v) is 1.93. The molecule has 1 saturated heterocycles. The number of piperidine rings is 1. The van der Waals surface area contributed by atoms with Crippen molar-refractivity contribution >= 4 is 0 Å². The zero-order chi connectivity index (χ0) is 10.1. The molecule has 0 amide bonds. The zero-order valence-electron chi connectivity index (χ0n) is 8.73. The summed E-state index contributed by atoms with van der Waals surface area (Å²) < 4.78 is 5.53. The van der Waals surface area contributed by atoms with E-state index in [0.717, 1.165) is 31.0 Å². The van der Waals surface area contributed by atoms with Crippen LogP contribution in [0, 0.1) is 6.92 Å². The molecule has 0 spiro atoms. The Hall–Kier alpha value is -0.870. The van der Waals surface area contributed by atoms with Crippen molar-refractivity contribution in [2.24, 2.45) is 5.73 Å². The van der Waals surface area contributed by atoms with Gasteiger partial charge < -0.3 is 10.2 Å². The number of hydrogen-bond acceptors (Lipinski definition) is 4. The molecule has 1 aliphatic rings. The first-order valence-electron chi connectivity index (χ1n) is 5.05. The van der Waals surface area contributed by atoms with Crippen molar-refractivity contribution in [2.45, 2.75) is 31.8 Å². The number of hydrogen-bond donors (Lipinski definition) is 1. The summed E-state index contributed by atoms with van der Waals surface area (Å²) in [5, 5.41) is 0. The molecule has 2 atom stereocenters. The highest BCUT2D eigenvalue weighted by Crippen LogP contribution is 2.28. The summed E-state index contributed by atoms with van der Waals surface area (Å²) in [6.45, 7) is 2.94. The van der Waals surface area contributed by atoms with Crippen molar-refractivity contribution in [1.82, 2.24) is 9.88 Å². The van der Waals surface area contributed by atoms with Gasteiger partial charge >= 0.3 is 0 Å². The molecule has 1 aromatic heterocycles. The maximum atomic E-state index is 5.94. The predicted molar refractivity (Wildman–Crippen MR) is 53.8 cm³/mol. The molecule has 0 bridgehead atoms. The summed E-state index contributed by atoms with van der Waals surface area (Å²) in [6.07, 6.45) is 3.77. The van der Waals surface area contributed by atoms with E-state index >= 15 is 0 Å². The van der Waals surface area contributed by atoms with Crippen molar-refractivity contribution in [2.75, 3.05) is 13.6 Å². The minimum atomic E-state index is 0.257. The van der Waals surface area contributed by atoms with E-state index in [2.05, 4.69) is 16.9 Å². The lowest BCUT2D eigenvalue weighted by Gasteiger charge is -2.33. The van der Waals surface area contributed by atoms with Crippen LogP contribution in [0.2, 0.25) is 0 Å². The number of likely N-dealkylation sites (tertiary alicyclic amines) is 1. The van der Waals surface area contributed by atoms with Gasteiger partial charge in [0.25, 0.3) is 0 Å². The van der Waals surface area contributed by atoms with Gasteiger partial charge in [-0.2, -0.15) is 0 Å². The van der Waals surface area contributed by atoms with Gasteiger partial charge in [-0.15, -0.1) is 0 Å². The number of nitrogens with two attached hydrogens (primary N) is 1. The molecular formula is C10H17N3O. The molecule has 4 nitrogen and oxygen atoms in total. The summed E-state index contributed by atoms with van der Waals surface area (Å²) in [5.41, 5.74) is 5.94. The normalized spacial score (nSPS) is 29.4. The van der Waals surface area contributed by atoms with Crippen LogP contribution in [0.1, 0.15) is 30.5 Å². The molecule has 1 aliphatic heterocycles. The van der Waals surface area contributed by atoms with Gasteiger partial charge in [-0.25, -0.2) is 4.98 Å². The Morgan fingerprint density at radius 3 is 3.07 bits per heavy atom. The number of oxazole rings is 1. The molecule has 1 fully saturated rings. The zero-order valence-corrected chi connectivity index (χ0v) is 8.73. The largest absolute Gasteiger partial charge is 0.444 e. The minimum Gasteiger partial charge on any atom is -0.444 e. The van der Waals surface area contributed by atoms with Crippen LogP contribution in [0.15, 0.2) is 10.6 Å². The van der Waals surface area contributed by atoms with Crippen LogP contribution in [0.25, 0.3) is 0 Å². The van der Waals surface area contributed by atoms with Crippen LogP contribution < -0.4 is 5.73 Å². The third kappa shape index (κ3) is 1.81. The van der Waals surface area contributed by atoms with Crippen LogP contribution >= 0.6 is 0 Å². The number of aromatic nitrogens is 1. The van der Waals surface area contributed by atoms with Crippen molar-refractivity contribution < 1.29 is 4.42 Å². The van der Waals surface area contributed by atoms with Crippen LogP contribution in [0.5, 0.6) is 0 Å². The highest BCUT2D eigenvalue weighted by Gasteiger charge is 2.28. The molecule has 0 saturated carbocycles. The van der Waals surface area contributed by atoms with E-state index in [0.29, 0.717) is 0 Å². The van der Waals surface area contributed by atoms with Gasteiger partial charge in [0.15, 0.2) is 0 Å². The van der Waals surface area contributed by atoms with Crippen molar-refractivity contribution in [3.63, 3.8) is 0 Å². The summed E-state index contributed by atoms with van der Waals surface area (Å²) in [5.74, 6) is 1.67. The Balaban J connectivity index is 2.15. The van der Waals surface area contributed by atoms with Gasteiger partial charge in [-0.05, 0) is 26.8 Å². The molecule has 2 unspecified atom stereocenters. The smallest absolute Gasteiger partial charge is 0.211 e. The minimum absolute atomic E-state index is 0.257. The van der Waals surface area contributed by atoms with Crippen LogP contribution in [-0.2, 0) is 0 Å². The van der Waals surface area contributed by atoms with Gasteiger partial charge in [0, 0.05) is 12.6 Å². The average molecular weight is 195 g/mol. The van der Waals surface area contributed by atoms with E-state index < -0.39 is 0 Å². The lowest BCUT2D eigenvalue weighted by molar-refractivity contribution is 0.144. The number of nitrogens with zero attached hydrogens (tertiary/aromatic N) is 2. The molecule has 2 N–H and O–H groups in total. The second kappa shape index (κ2) is 3.71. The monoisotopic (exact) mass is 195 g/mol. The average Bonchev–Trinajstić information content (AvgIpc) is 2.56. The molecule has 78 valence electrons. The molecule has 0 aromatic carbocycles. The van der Waals surface area contributed by atoms with E-state index in [1.807, 2.05) is 6.92 Å². The molecule has 4 heteroatoms. The summed E-state index contributed by atoms with van der Waals surface area (Å²) in [4.78, 5) is 6.52. The first-order chi connectivity index (χ1) is 6.66. The van der Waals surface area contributed by atoms with E-state index in [1.165, 1.54) is 0 Å². The predicted octanol–water partition coefficient (Wildman–Crippen LogP) is 1.08. The van der Waals surface area contributed by atoms with E-state index in [9.17, 15) is 0 Å². The van der Waals surface area contributed by atoms with Crippen molar-refractivity contribution in [3.05, 3.63) is 17.8 Å². The molecule has 0 radical (unpaired) electrons. The summed E-state index contributed by atoms with van der Waals surface area (Å²) >= 11 is 0. The fourth-order valence-electron chi connectivity index (χ4n) is 1.93. The van der Waals surface area contributed by atoms with E-state index in [-0.39, 0.29) is 12.1 Å². The standard InChI is InChI=1S/C10H17N3O/c1-7-6-12-10(14-7)9-5-8(11)3-4-13(9)2/h6,8-9H,3-5,11H2,1-2H3. The summed E-state index contributed by atoms with van der Waals surface area (Å²) in [7, 11) is 2.09. The lowest BCUT2D eigenvalue weighted by atomic mass is 9.98. The first kappa shape index (κ1) is 9.68. The highest BCUT2D eigenvalue weighted by molar-refractivity contribution is 4.99. The lowest BCUT2D eigenvalue weighted by Crippen LogP contribution is -2.40. The number of aryl methyl sites for hydroxylation is 1. The van der Waals surface area contributed by atoms with Crippen molar-refractivity contribution in [3.8, 4) is 0 Å². The van der Waals surface area contributed by atoms with Crippen LogP contribution in [0.3, 0.4) is 0 Å². The molecular weight excluding hydrogens is 178 g/mol. The van der Waals surface area contributed by atoms with Crippen LogP contribution in [0.4, 0.5) is 0 Å². The Morgan fingerprint density at radius 2 is 2.43 bits per heavy atom. The van der Waals surface area contributed by atoms with Gasteiger partial charge in [-0.3, -0.25) is 4.90 Å².